The fraction of sp³-hybridized carbons (Fsp3) is 0.500. The first-order chi connectivity index (χ1) is 11.6. The van der Waals surface area contributed by atoms with E-state index in [1.807, 2.05) is 13.8 Å². The zero-order valence-electron chi connectivity index (χ0n) is 15.2. The maximum atomic E-state index is 12.6. The number of nitrogens with zero attached hydrogens (tertiary/aromatic N) is 2. The number of hydrogen-bond acceptors (Lipinski definition) is 5. The number of imide groups is 1. The molecule has 1 heterocycles. The summed E-state index contributed by atoms with van der Waals surface area (Å²) in [6, 6.07) is 6.47. The molecule has 1 aliphatic rings. The van der Waals surface area contributed by atoms with E-state index < -0.39 is 23.5 Å². The molecule has 0 N–H and O–H groups in total. The Morgan fingerprint density at radius 1 is 1.12 bits per heavy atom. The Morgan fingerprint density at radius 2 is 1.64 bits per heavy atom. The minimum absolute atomic E-state index is 0.0264. The topological polar surface area (TPSA) is 76.2 Å². The highest BCUT2D eigenvalue weighted by molar-refractivity contribution is 6.21. The molecule has 136 valence electrons. The Hall–Kier alpha value is -2.41. The van der Waals surface area contributed by atoms with E-state index in [4.69, 9.17) is 9.47 Å². The third-order valence-corrected chi connectivity index (χ3v) is 3.37. The maximum absolute atomic E-state index is 12.6. The molecule has 7 heteroatoms. The van der Waals surface area contributed by atoms with Gasteiger partial charge in [0.15, 0.2) is 0 Å². The lowest BCUT2D eigenvalue weighted by Gasteiger charge is -2.32. The van der Waals surface area contributed by atoms with E-state index in [1.165, 1.54) is 0 Å². The number of fused-ring (bicyclic) bond motifs is 1. The molecule has 0 spiro atoms. The van der Waals surface area contributed by atoms with Gasteiger partial charge < -0.3 is 9.47 Å². The summed E-state index contributed by atoms with van der Waals surface area (Å²) in [6.07, 6.45) is -0.808. The molecule has 0 radical (unpaired) electrons. The summed E-state index contributed by atoms with van der Waals surface area (Å²) in [6.45, 7) is 9.07. The lowest BCUT2D eigenvalue weighted by molar-refractivity contribution is -0.0409. The monoisotopic (exact) mass is 348 g/mol. The van der Waals surface area contributed by atoms with Crippen LogP contribution in [0.2, 0.25) is 0 Å². The van der Waals surface area contributed by atoms with E-state index in [-0.39, 0.29) is 30.4 Å². The zero-order valence-corrected chi connectivity index (χ0v) is 15.2. The van der Waals surface area contributed by atoms with Crippen molar-refractivity contribution >= 4 is 17.9 Å². The second kappa shape index (κ2) is 7.23. The van der Waals surface area contributed by atoms with Crippen molar-refractivity contribution in [3.63, 3.8) is 0 Å². The smallest absolute Gasteiger partial charge is 0.429 e. The Morgan fingerprint density at radius 3 is 2.08 bits per heavy atom. The molecule has 0 fully saturated rings. The number of rotatable bonds is 5. The van der Waals surface area contributed by atoms with Crippen LogP contribution < -0.4 is 0 Å². The van der Waals surface area contributed by atoms with Crippen molar-refractivity contribution in [2.24, 2.45) is 0 Å². The highest BCUT2D eigenvalue weighted by Crippen LogP contribution is 2.25. The van der Waals surface area contributed by atoms with Crippen LogP contribution in [-0.2, 0) is 9.47 Å². The Kier molecular flexibility index (Phi) is 5.47. The summed E-state index contributed by atoms with van der Waals surface area (Å²) in [7, 11) is 0. The Balaban J connectivity index is 2.27. The number of hydrazine groups is 1. The second-order valence-electron chi connectivity index (χ2n) is 6.99. The summed E-state index contributed by atoms with van der Waals surface area (Å²) >= 11 is 0. The van der Waals surface area contributed by atoms with E-state index >= 15 is 0 Å². The molecule has 25 heavy (non-hydrogen) atoms. The SMILES string of the molecule is CC(C)OCCN(C(=O)OC(C)(C)C)N1C(=O)c2ccccc2C1=O. The number of benzene rings is 1. The van der Waals surface area contributed by atoms with Crippen molar-refractivity contribution < 1.29 is 23.9 Å². The van der Waals surface area contributed by atoms with Crippen LogP contribution in [0.1, 0.15) is 55.3 Å². The van der Waals surface area contributed by atoms with Gasteiger partial charge >= 0.3 is 6.09 Å². The summed E-state index contributed by atoms with van der Waals surface area (Å²) in [5.74, 6) is -1.09. The van der Waals surface area contributed by atoms with Crippen molar-refractivity contribution in [3.8, 4) is 0 Å². The quantitative estimate of drug-likeness (QED) is 0.765. The molecule has 0 atom stereocenters. The number of hydrogen-bond donors (Lipinski definition) is 0. The van der Waals surface area contributed by atoms with Crippen LogP contribution in [0.3, 0.4) is 0 Å². The van der Waals surface area contributed by atoms with Gasteiger partial charge in [0.1, 0.15) is 5.60 Å². The average molecular weight is 348 g/mol. The van der Waals surface area contributed by atoms with E-state index in [1.54, 1.807) is 45.0 Å². The molecule has 0 saturated carbocycles. The van der Waals surface area contributed by atoms with Crippen LogP contribution in [0.5, 0.6) is 0 Å². The molecule has 1 aromatic rings. The van der Waals surface area contributed by atoms with Crippen LogP contribution in [-0.4, -0.2) is 52.8 Å². The van der Waals surface area contributed by atoms with E-state index in [0.717, 1.165) is 10.0 Å². The first kappa shape index (κ1) is 18.9. The third kappa shape index (κ3) is 4.36. The van der Waals surface area contributed by atoms with Crippen LogP contribution in [0.25, 0.3) is 0 Å². The summed E-state index contributed by atoms with van der Waals surface area (Å²) in [5, 5.41) is 1.85. The molecule has 0 bridgehead atoms. The third-order valence-electron chi connectivity index (χ3n) is 3.37. The fourth-order valence-electron chi connectivity index (χ4n) is 2.36. The number of carbonyl (C=O) groups excluding carboxylic acids is 3. The first-order valence-corrected chi connectivity index (χ1v) is 8.21. The average Bonchev–Trinajstić information content (AvgIpc) is 2.74. The van der Waals surface area contributed by atoms with Gasteiger partial charge in [0.05, 0.1) is 30.4 Å². The Labute approximate surface area is 147 Å². The fourth-order valence-corrected chi connectivity index (χ4v) is 2.36. The van der Waals surface area contributed by atoms with Gasteiger partial charge in [-0.25, -0.2) is 9.80 Å². The lowest BCUT2D eigenvalue weighted by atomic mass is 10.1. The molecule has 0 saturated heterocycles. The van der Waals surface area contributed by atoms with Crippen molar-refractivity contribution in [1.82, 2.24) is 10.0 Å². The maximum Gasteiger partial charge on any atom is 0.429 e. The largest absolute Gasteiger partial charge is 0.442 e. The molecule has 2 rings (SSSR count). The van der Waals surface area contributed by atoms with Crippen LogP contribution >= 0.6 is 0 Å². The predicted molar refractivity (Wildman–Crippen MR) is 91.0 cm³/mol. The number of ether oxygens (including phenoxy) is 2. The Bertz CT molecular complexity index is 643. The molecule has 0 aromatic heterocycles. The molecule has 1 aromatic carbocycles. The van der Waals surface area contributed by atoms with Crippen molar-refractivity contribution in [2.75, 3.05) is 13.2 Å². The molecule has 0 unspecified atom stereocenters. The van der Waals surface area contributed by atoms with Gasteiger partial charge in [-0.15, -0.1) is 0 Å². The van der Waals surface area contributed by atoms with Gasteiger partial charge in [-0.2, -0.15) is 5.01 Å². The highest BCUT2D eigenvalue weighted by Gasteiger charge is 2.42. The van der Waals surface area contributed by atoms with Gasteiger partial charge in [-0.05, 0) is 46.8 Å². The summed E-state index contributed by atoms with van der Waals surface area (Å²) in [4.78, 5) is 37.8. The van der Waals surface area contributed by atoms with E-state index in [2.05, 4.69) is 0 Å². The minimum Gasteiger partial charge on any atom is -0.442 e. The highest BCUT2D eigenvalue weighted by atomic mass is 16.6. The van der Waals surface area contributed by atoms with Crippen LogP contribution in [0.15, 0.2) is 24.3 Å². The van der Waals surface area contributed by atoms with E-state index in [9.17, 15) is 14.4 Å². The van der Waals surface area contributed by atoms with Crippen molar-refractivity contribution in [3.05, 3.63) is 35.4 Å². The van der Waals surface area contributed by atoms with Crippen LogP contribution in [0, 0.1) is 0 Å². The molecule has 0 aliphatic carbocycles. The first-order valence-electron chi connectivity index (χ1n) is 8.21. The lowest BCUT2D eigenvalue weighted by Crippen LogP contribution is -2.52. The standard InChI is InChI=1S/C18H24N2O5/c1-12(2)24-11-10-19(17(23)25-18(3,4)5)20-15(21)13-8-6-7-9-14(13)16(20)22/h6-9,12H,10-11H2,1-5H3. The molecule has 7 nitrogen and oxygen atoms in total. The summed E-state index contributed by atoms with van der Waals surface area (Å²) in [5.41, 5.74) is -0.218. The molecule has 3 amide bonds. The van der Waals surface area contributed by atoms with Crippen molar-refractivity contribution in [1.29, 1.82) is 0 Å². The van der Waals surface area contributed by atoms with E-state index in [0.29, 0.717) is 0 Å². The molecular weight excluding hydrogens is 324 g/mol. The normalized spacial score (nSPS) is 14.1. The summed E-state index contributed by atoms with van der Waals surface area (Å²) < 4.78 is 10.8. The van der Waals surface area contributed by atoms with Gasteiger partial charge in [-0.3, -0.25) is 9.59 Å². The zero-order chi connectivity index (χ0) is 18.8. The number of carbonyl (C=O) groups is 3. The van der Waals surface area contributed by atoms with Gasteiger partial charge in [-0.1, -0.05) is 12.1 Å². The second-order valence-corrected chi connectivity index (χ2v) is 6.99. The minimum atomic E-state index is -0.769. The molecular formula is C18H24N2O5. The van der Waals surface area contributed by atoms with Gasteiger partial charge in [0, 0.05) is 0 Å². The number of amides is 3. The molecule has 1 aliphatic heterocycles. The van der Waals surface area contributed by atoms with Gasteiger partial charge in [0.2, 0.25) is 0 Å². The van der Waals surface area contributed by atoms with Crippen LogP contribution in [0.4, 0.5) is 4.79 Å². The van der Waals surface area contributed by atoms with Gasteiger partial charge in [0.25, 0.3) is 11.8 Å². The van der Waals surface area contributed by atoms with Crippen molar-refractivity contribution in [2.45, 2.75) is 46.3 Å². The predicted octanol–water partition coefficient (Wildman–Crippen LogP) is 2.86.